The van der Waals surface area contributed by atoms with Crippen LogP contribution < -0.4 is 15.0 Å². The van der Waals surface area contributed by atoms with E-state index in [1.807, 2.05) is 32.2 Å². The van der Waals surface area contributed by atoms with E-state index in [0.717, 1.165) is 52.5 Å². The molecule has 1 saturated heterocycles. The van der Waals surface area contributed by atoms with E-state index < -0.39 is 6.36 Å². The molecule has 0 aliphatic carbocycles. The van der Waals surface area contributed by atoms with E-state index in [9.17, 15) is 18.0 Å². The van der Waals surface area contributed by atoms with Crippen LogP contribution in [0.5, 0.6) is 5.75 Å². The van der Waals surface area contributed by atoms with Gasteiger partial charge in [-0.1, -0.05) is 24.3 Å². The summed E-state index contributed by atoms with van der Waals surface area (Å²) in [5.41, 5.74) is 4.50. The largest absolute Gasteiger partial charge is 0.573 e. The van der Waals surface area contributed by atoms with E-state index in [0.29, 0.717) is 23.7 Å². The lowest BCUT2D eigenvalue weighted by molar-refractivity contribution is -0.274. The van der Waals surface area contributed by atoms with Crippen LogP contribution in [-0.4, -0.2) is 35.0 Å². The van der Waals surface area contributed by atoms with Crippen LogP contribution in [0.2, 0.25) is 0 Å². The van der Waals surface area contributed by atoms with Gasteiger partial charge in [0.1, 0.15) is 10.6 Å². The Labute approximate surface area is 216 Å². The monoisotopic (exact) mass is 528 g/mol. The molecule has 0 spiro atoms. The normalized spacial score (nSPS) is 14.8. The lowest BCUT2D eigenvalue weighted by atomic mass is 9.89. The highest BCUT2D eigenvalue weighted by Crippen LogP contribution is 2.32. The highest BCUT2D eigenvalue weighted by Gasteiger charge is 2.31. The number of nitrogens with zero attached hydrogens (tertiary/aromatic N) is 3. The molecule has 1 fully saturated rings. The summed E-state index contributed by atoms with van der Waals surface area (Å²) in [5, 5.41) is 7.44. The van der Waals surface area contributed by atoms with Gasteiger partial charge in [0.25, 0.3) is 5.91 Å². The van der Waals surface area contributed by atoms with Gasteiger partial charge in [-0.05, 0) is 68.0 Å². The van der Waals surface area contributed by atoms with E-state index >= 15 is 0 Å². The van der Waals surface area contributed by atoms with Crippen molar-refractivity contribution >= 4 is 27.8 Å². The topological polar surface area (TPSA) is 58.9 Å². The van der Waals surface area contributed by atoms with Crippen molar-refractivity contribution in [3.8, 4) is 5.75 Å². The summed E-state index contributed by atoms with van der Waals surface area (Å²) in [6.45, 7) is 5.99. The molecule has 0 saturated carbocycles. The molecule has 1 aliphatic rings. The Morgan fingerprint density at radius 3 is 2.41 bits per heavy atom. The molecule has 5 rings (SSSR count). The Bertz CT molecular complexity index is 1390. The molecule has 0 bridgehead atoms. The van der Waals surface area contributed by atoms with E-state index in [2.05, 4.69) is 32.2 Å². The number of aryl methyl sites for hydroxylation is 2. The van der Waals surface area contributed by atoms with Crippen molar-refractivity contribution in [1.82, 2.24) is 14.9 Å². The highest BCUT2D eigenvalue weighted by atomic mass is 32.1. The van der Waals surface area contributed by atoms with Crippen LogP contribution in [0, 0.1) is 13.8 Å². The predicted molar refractivity (Wildman–Crippen MR) is 137 cm³/mol. The molecule has 2 aromatic carbocycles. The van der Waals surface area contributed by atoms with Crippen LogP contribution in [0.15, 0.2) is 54.7 Å². The Hall–Kier alpha value is -3.53. The lowest BCUT2D eigenvalue weighted by Gasteiger charge is -2.34. The SMILES string of the molecule is Cc1cn2nc(C)c(C(=O)NCc3ccc(N4CCC(c5ccc(OC(F)(F)F)cc5)CC4)cc3)c2s1. The Kier molecular flexibility index (Phi) is 6.85. The standard InChI is InChI=1S/C27H27F3N4O2S/c1-17-16-34-26(37-17)24(18(2)32-34)25(35)31-15-19-3-7-22(8-4-19)33-13-11-21(12-14-33)20-5-9-23(10-6-20)36-27(28,29)30/h3-10,16,21H,11-15H2,1-2H3,(H,31,35). The second-order valence-corrected chi connectivity index (χ2v) is 10.5. The molecule has 37 heavy (non-hydrogen) atoms. The number of amides is 1. The average Bonchev–Trinajstić information content (AvgIpc) is 3.36. The first kappa shape index (κ1) is 25.1. The van der Waals surface area contributed by atoms with Crippen molar-refractivity contribution in [3.63, 3.8) is 0 Å². The summed E-state index contributed by atoms with van der Waals surface area (Å²) in [6.07, 6.45) is -0.921. The summed E-state index contributed by atoms with van der Waals surface area (Å²) < 4.78 is 42.9. The van der Waals surface area contributed by atoms with Gasteiger partial charge in [-0.3, -0.25) is 4.79 Å². The van der Waals surface area contributed by atoms with Crippen LogP contribution >= 0.6 is 11.3 Å². The lowest BCUT2D eigenvalue weighted by Crippen LogP contribution is -2.32. The first-order chi connectivity index (χ1) is 17.7. The molecule has 4 aromatic rings. The van der Waals surface area contributed by atoms with E-state index in [4.69, 9.17) is 0 Å². The quantitative estimate of drug-likeness (QED) is 0.323. The maximum absolute atomic E-state index is 12.8. The number of halogens is 3. The van der Waals surface area contributed by atoms with Crippen LogP contribution in [-0.2, 0) is 6.54 Å². The number of nitrogens with one attached hydrogen (secondary N) is 1. The van der Waals surface area contributed by atoms with Crippen molar-refractivity contribution < 1.29 is 22.7 Å². The maximum atomic E-state index is 12.8. The molecule has 1 amide bonds. The van der Waals surface area contributed by atoms with Crippen molar-refractivity contribution in [2.45, 2.75) is 45.5 Å². The van der Waals surface area contributed by atoms with E-state index in [-0.39, 0.29) is 11.7 Å². The minimum atomic E-state index is -4.68. The molecule has 0 radical (unpaired) electrons. The van der Waals surface area contributed by atoms with Gasteiger partial charge in [-0.15, -0.1) is 24.5 Å². The third kappa shape index (κ3) is 5.74. The molecule has 2 aromatic heterocycles. The zero-order valence-corrected chi connectivity index (χ0v) is 21.3. The summed E-state index contributed by atoms with van der Waals surface area (Å²) in [7, 11) is 0. The molecule has 194 valence electrons. The smallest absolute Gasteiger partial charge is 0.406 e. The van der Waals surface area contributed by atoms with Gasteiger partial charge in [0.2, 0.25) is 0 Å². The zero-order chi connectivity index (χ0) is 26.2. The molecule has 10 heteroatoms. The highest BCUT2D eigenvalue weighted by molar-refractivity contribution is 7.17. The second-order valence-electron chi connectivity index (χ2n) is 9.28. The summed E-state index contributed by atoms with van der Waals surface area (Å²) in [4.78, 5) is 17.1. The van der Waals surface area contributed by atoms with Crippen LogP contribution in [0.4, 0.5) is 18.9 Å². The van der Waals surface area contributed by atoms with Gasteiger partial charge in [0.15, 0.2) is 0 Å². The van der Waals surface area contributed by atoms with Gasteiger partial charge >= 0.3 is 6.36 Å². The van der Waals surface area contributed by atoms with Gasteiger partial charge in [-0.25, -0.2) is 4.52 Å². The van der Waals surface area contributed by atoms with E-state index in [1.54, 1.807) is 28.0 Å². The molecule has 1 aliphatic heterocycles. The number of piperidine rings is 1. The fourth-order valence-corrected chi connectivity index (χ4v) is 5.82. The number of aromatic nitrogens is 2. The first-order valence-corrected chi connectivity index (χ1v) is 12.9. The number of benzene rings is 2. The summed E-state index contributed by atoms with van der Waals surface area (Å²) >= 11 is 1.56. The average molecular weight is 529 g/mol. The number of carbonyl (C=O) groups excluding carboxylic acids is 1. The minimum Gasteiger partial charge on any atom is -0.406 e. The molecule has 6 nitrogen and oxygen atoms in total. The summed E-state index contributed by atoms with van der Waals surface area (Å²) in [6, 6.07) is 14.4. The molecule has 3 heterocycles. The van der Waals surface area contributed by atoms with Crippen LogP contribution in [0.1, 0.15) is 50.8 Å². The molecular weight excluding hydrogens is 501 g/mol. The number of hydrogen-bond acceptors (Lipinski definition) is 5. The number of ether oxygens (including phenoxy) is 1. The van der Waals surface area contributed by atoms with Gasteiger partial charge in [-0.2, -0.15) is 5.10 Å². The molecule has 1 N–H and O–H groups in total. The minimum absolute atomic E-state index is 0.126. The number of thiazole rings is 1. The molecule has 0 unspecified atom stereocenters. The Morgan fingerprint density at radius 2 is 1.76 bits per heavy atom. The van der Waals surface area contributed by atoms with Gasteiger partial charge in [0, 0.05) is 36.4 Å². The van der Waals surface area contributed by atoms with Gasteiger partial charge < -0.3 is 15.0 Å². The number of hydrogen-bond donors (Lipinski definition) is 1. The fourth-order valence-electron chi connectivity index (χ4n) is 4.83. The predicted octanol–water partition coefficient (Wildman–Crippen LogP) is 6.23. The van der Waals surface area contributed by atoms with E-state index in [1.165, 1.54) is 12.1 Å². The third-order valence-electron chi connectivity index (χ3n) is 6.66. The van der Waals surface area contributed by atoms with Crippen molar-refractivity contribution in [2.24, 2.45) is 0 Å². The number of alkyl halides is 3. The summed E-state index contributed by atoms with van der Waals surface area (Å²) in [5.74, 6) is -0.0182. The molecule has 0 atom stereocenters. The number of carbonyl (C=O) groups is 1. The number of anilines is 1. The first-order valence-electron chi connectivity index (χ1n) is 12.1. The van der Waals surface area contributed by atoms with Crippen molar-refractivity contribution in [1.29, 1.82) is 0 Å². The third-order valence-corrected chi connectivity index (χ3v) is 7.68. The number of rotatable bonds is 6. The fraction of sp³-hybridized carbons (Fsp3) is 0.333. The van der Waals surface area contributed by atoms with Crippen LogP contribution in [0.25, 0.3) is 4.83 Å². The van der Waals surface area contributed by atoms with Crippen molar-refractivity contribution in [3.05, 3.63) is 82.0 Å². The zero-order valence-electron chi connectivity index (χ0n) is 20.5. The van der Waals surface area contributed by atoms with Crippen LogP contribution in [0.3, 0.4) is 0 Å². The second kappa shape index (κ2) is 10.1. The maximum Gasteiger partial charge on any atom is 0.573 e. The Morgan fingerprint density at radius 1 is 1.08 bits per heavy atom. The Balaban J connectivity index is 1.14. The molecular formula is C27H27F3N4O2S. The van der Waals surface area contributed by atoms with Gasteiger partial charge in [0.05, 0.1) is 11.3 Å². The number of fused-ring (bicyclic) bond motifs is 1. The van der Waals surface area contributed by atoms with Crippen molar-refractivity contribution in [2.75, 3.05) is 18.0 Å².